The van der Waals surface area contributed by atoms with Crippen LogP contribution in [-0.2, 0) is 11.2 Å². The molecule has 0 bridgehead atoms. The lowest BCUT2D eigenvalue weighted by Crippen LogP contribution is -2.12. The average molecular weight is 422 g/mol. The Kier molecular flexibility index (Phi) is 6.71. The highest BCUT2D eigenvalue weighted by Crippen LogP contribution is 2.33. The molecule has 1 aromatic heterocycles. The Morgan fingerprint density at radius 1 is 1.21 bits per heavy atom. The van der Waals surface area contributed by atoms with E-state index in [9.17, 15) is 18.0 Å². The largest absolute Gasteiger partial charge is 0.494 e. The fourth-order valence-electron chi connectivity index (χ4n) is 2.64. The zero-order valence-corrected chi connectivity index (χ0v) is 16.1. The number of benzene rings is 2. The topological polar surface area (TPSA) is 60.5 Å². The van der Waals surface area contributed by atoms with E-state index in [1.165, 1.54) is 36.6 Å². The Balaban J connectivity index is 1.62. The molecular weight excluding hydrogens is 405 g/mol. The number of rotatable bonds is 8. The fraction of sp³-hybridized carbons (Fsp3) is 0.200. The normalized spacial score (nSPS) is 10.8. The van der Waals surface area contributed by atoms with Gasteiger partial charge in [-0.2, -0.15) is 8.78 Å². The molecule has 0 saturated carbocycles. The first-order valence-corrected chi connectivity index (χ1v) is 9.46. The number of nitrogens with one attached hydrogen (secondary N) is 1. The number of anilines is 1. The molecule has 2 aromatic carbocycles. The van der Waals surface area contributed by atoms with Crippen LogP contribution in [0.3, 0.4) is 0 Å². The van der Waals surface area contributed by atoms with E-state index in [1.807, 2.05) is 0 Å². The molecule has 1 amide bonds. The minimum Gasteiger partial charge on any atom is -0.494 e. The highest BCUT2D eigenvalue weighted by Gasteiger charge is 2.14. The van der Waals surface area contributed by atoms with Crippen molar-refractivity contribution in [2.75, 3.05) is 12.4 Å². The lowest BCUT2D eigenvalue weighted by molar-refractivity contribution is -0.116. The molecule has 0 radical (unpaired) electrons. The Labute approximate surface area is 169 Å². The number of methoxy groups -OCH3 is 1. The highest BCUT2D eigenvalue weighted by molar-refractivity contribution is 7.14. The number of amides is 1. The van der Waals surface area contributed by atoms with Crippen molar-refractivity contribution in [3.63, 3.8) is 0 Å². The number of thiazole rings is 1. The number of hydrogen-bond donors (Lipinski definition) is 1. The molecule has 0 fully saturated rings. The van der Waals surface area contributed by atoms with Gasteiger partial charge >= 0.3 is 6.61 Å². The van der Waals surface area contributed by atoms with Crippen molar-refractivity contribution in [2.45, 2.75) is 19.5 Å². The van der Waals surface area contributed by atoms with Crippen molar-refractivity contribution >= 4 is 22.4 Å². The molecule has 5 nitrogen and oxygen atoms in total. The van der Waals surface area contributed by atoms with Gasteiger partial charge in [0.25, 0.3) is 0 Å². The first-order chi connectivity index (χ1) is 14.0. The Morgan fingerprint density at radius 3 is 2.72 bits per heavy atom. The van der Waals surface area contributed by atoms with E-state index >= 15 is 0 Å². The molecule has 0 spiro atoms. The molecule has 0 saturated heterocycles. The van der Waals surface area contributed by atoms with Crippen LogP contribution in [-0.4, -0.2) is 24.6 Å². The highest BCUT2D eigenvalue weighted by atomic mass is 32.1. The van der Waals surface area contributed by atoms with Crippen molar-refractivity contribution in [3.05, 3.63) is 59.2 Å². The molecule has 9 heteroatoms. The molecule has 0 unspecified atom stereocenters. The number of carbonyl (C=O) groups is 1. The van der Waals surface area contributed by atoms with Crippen LogP contribution in [0.25, 0.3) is 11.3 Å². The molecular formula is C20H17F3N2O3S. The zero-order chi connectivity index (χ0) is 20.8. The van der Waals surface area contributed by atoms with Gasteiger partial charge in [0.15, 0.2) is 16.7 Å². The predicted octanol–water partition coefficient (Wildman–Crippen LogP) is 5.13. The molecule has 3 aromatic rings. The molecule has 152 valence electrons. The number of alkyl halides is 2. The number of hydrogen-bond acceptors (Lipinski definition) is 5. The fourth-order valence-corrected chi connectivity index (χ4v) is 3.36. The third-order valence-corrected chi connectivity index (χ3v) is 4.74. The van der Waals surface area contributed by atoms with E-state index in [1.54, 1.807) is 29.6 Å². The summed E-state index contributed by atoms with van der Waals surface area (Å²) < 4.78 is 48.2. The van der Waals surface area contributed by atoms with Crippen LogP contribution in [0.4, 0.5) is 18.3 Å². The molecule has 1 heterocycles. The van der Waals surface area contributed by atoms with Crippen LogP contribution in [0, 0.1) is 5.82 Å². The minimum absolute atomic E-state index is 0.00667. The summed E-state index contributed by atoms with van der Waals surface area (Å²) in [7, 11) is 1.38. The first-order valence-electron chi connectivity index (χ1n) is 8.58. The second kappa shape index (κ2) is 9.42. The van der Waals surface area contributed by atoms with E-state index in [0.29, 0.717) is 28.4 Å². The van der Waals surface area contributed by atoms with Crippen LogP contribution in [0.2, 0.25) is 0 Å². The molecule has 29 heavy (non-hydrogen) atoms. The SMILES string of the molecule is COc1ccc(CCC(=O)Nc2nc(-c3ccccc3OC(F)F)cs2)cc1F. The van der Waals surface area contributed by atoms with Crippen molar-refractivity contribution in [1.82, 2.24) is 4.98 Å². The Bertz CT molecular complexity index is 995. The smallest absolute Gasteiger partial charge is 0.387 e. The standard InChI is InChI=1S/C20H17F3N2O3S/c1-27-17-8-6-12(10-14(17)21)7-9-18(26)25-20-24-15(11-29-20)13-4-2-3-5-16(13)28-19(22)23/h2-6,8,10-11,19H,7,9H2,1H3,(H,24,25,26). The van der Waals surface area contributed by atoms with Gasteiger partial charge in [-0.1, -0.05) is 18.2 Å². The van der Waals surface area contributed by atoms with Crippen molar-refractivity contribution in [1.29, 1.82) is 0 Å². The summed E-state index contributed by atoms with van der Waals surface area (Å²) in [5.74, 6) is -0.629. The van der Waals surface area contributed by atoms with Gasteiger partial charge < -0.3 is 14.8 Å². The number of ether oxygens (including phenoxy) is 2. The van der Waals surface area contributed by atoms with Gasteiger partial charge in [0.05, 0.1) is 12.8 Å². The van der Waals surface area contributed by atoms with Crippen LogP contribution in [0.1, 0.15) is 12.0 Å². The molecule has 0 aliphatic carbocycles. The number of para-hydroxylation sites is 1. The van der Waals surface area contributed by atoms with E-state index in [2.05, 4.69) is 15.0 Å². The second-order valence-electron chi connectivity index (χ2n) is 5.93. The van der Waals surface area contributed by atoms with Gasteiger partial charge in [-0.05, 0) is 36.2 Å². The first kappa shape index (κ1) is 20.7. The van der Waals surface area contributed by atoms with Crippen molar-refractivity contribution < 1.29 is 27.4 Å². The number of carbonyl (C=O) groups excluding carboxylic acids is 1. The van der Waals surface area contributed by atoms with Gasteiger partial charge in [0.2, 0.25) is 5.91 Å². The zero-order valence-electron chi connectivity index (χ0n) is 15.3. The van der Waals surface area contributed by atoms with E-state index in [0.717, 1.165) is 0 Å². The second-order valence-corrected chi connectivity index (χ2v) is 6.79. The summed E-state index contributed by atoms with van der Waals surface area (Å²) in [6.07, 6.45) is 0.474. The lowest BCUT2D eigenvalue weighted by atomic mass is 10.1. The maximum atomic E-state index is 13.7. The van der Waals surface area contributed by atoms with E-state index in [4.69, 9.17) is 4.74 Å². The summed E-state index contributed by atoms with van der Waals surface area (Å²) in [4.78, 5) is 16.4. The van der Waals surface area contributed by atoms with E-state index < -0.39 is 12.4 Å². The van der Waals surface area contributed by atoms with Crippen LogP contribution < -0.4 is 14.8 Å². The quantitative estimate of drug-likeness (QED) is 0.547. The van der Waals surface area contributed by atoms with E-state index in [-0.39, 0.29) is 23.8 Å². The van der Waals surface area contributed by atoms with Gasteiger partial charge in [-0.3, -0.25) is 4.79 Å². The number of aromatic nitrogens is 1. The number of halogens is 3. The average Bonchev–Trinajstić information content (AvgIpc) is 3.14. The molecule has 0 atom stereocenters. The molecule has 1 N–H and O–H groups in total. The van der Waals surface area contributed by atoms with Gasteiger partial charge in [0, 0.05) is 17.4 Å². The van der Waals surface area contributed by atoms with Crippen LogP contribution in [0.15, 0.2) is 47.8 Å². The Morgan fingerprint density at radius 2 is 2.00 bits per heavy atom. The summed E-state index contributed by atoms with van der Waals surface area (Å²) in [6.45, 7) is -2.95. The van der Waals surface area contributed by atoms with Gasteiger partial charge in [-0.25, -0.2) is 9.37 Å². The monoisotopic (exact) mass is 422 g/mol. The van der Waals surface area contributed by atoms with Crippen molar-refractivity contribution in [3.8, 4) is 22.8 Å². The summed E-state index contributed by atoms with van der Waals surface area (Å²) in [5, 5.41) is 4.63. The maximum Gasteiger partial charge on any atom is 0.387 e. The summed E-state index contributed by atoms with van der Waals surface area (Å²) in [5.41, 5.74) is 1.48. The number of nitrogens with zero attached hydrogens (tertiary/aromatic N) is 1. The summed E-state index contributed by atoms with van der Waals surface area (Å²) in [6, 6.07) is 10.8. The Hall–Kier alpha value is -3.07. The summed E-state index contributed by atoms with van der Waals surface area (Å²) >= 11 is 1.17. The molecule has 0 aliphatic rings. The van der Waals surface area contributed by atoms with Crippen molar-refractivity contribution in [2.24, 2.45) is 0 Å². The molecule has 0 aliphatic heterocycles. The minimum atomic E-state index is -2.95. The number of aryl methyl sites for hydroxylation is 1. The third kappa shape index (κ3) is 5.47. The lowest BCUT2D eigenvalue weighted by Gasteiger charge is -2.08. The molecule has 3 rings (SSSR count). The third-order valence-electron chi connectivity index (χ3n) is 3.99. The predicted molar refractivity (Wildman–Crippen MR) is 104 cm³/mol. The maximum absolute atomic E-state index is 13.7. The van der Waals surface area contributed by atoms with Crippen LogP contribution >= 0.6 is 11.3 Å². The van der Waals surface area contributed by atoms with Gasteiger partial charge in [0.1, 0.15) is 5.75 Å². The van der Waals surface area contributed by atoms with Crippen LogP contribution in [0.5, 0.6) is 11.5 Å². The van der Waals surface area contributed by atoms with Gasteiger partial charge in [-0.15, -0.1) is 11.3 Å².